The lowest BCUT2D eigenvalue weighted by molar-refractivity contribution is 0.0620. The Morgan fingerprint density at radius 3 is 1.44 bits per heavy atom. The Labute approximate surface area is 309 Å². The SMILES string of the molecule is Cc1cn2nc(-c3cccc(-c4cccc(-c5cc6c(=O)n(CCNC7CC(O)C7)c(C)cn6n5)c4Cl)c3Cl)cc2c(=O)n1CCNC1CC(O)C1. The van der Waals surface area contributed by atoms with Crippen LogP contribution in [0.2, 0.25) is 10.0 Å². The van der Waals surface area contributed by atoms with E-state index in [-0.39, 0.29) is 35.4 Å². The van der Waals surface area contributed by atoms with Gasteiger partial charge in [0.15, 0.2) is 0 Å². The predicted molar refractivity (Wildman–Crippen MR) is 202 cm³/mol. The number of hydrogen-bond acceptors (Lipinski definition) is 8. The average molecular weight is 744 g/mol. The van der Waals surface area contributed by atoms with Crippen molar-refractivity contribution in [2.75, 3.05) is 13.1 Å². The Morgan fingerprint density at radius 1 is 0.673 bits per heavy atom. The smallest absolute Gasteiger partial charge is 0.276 e. The molecule has 4 heterocycles. The van der Waals surface area contributed by atoms with Crippen LogP contribution in [0.1, 0.15) is 37.1 Å². The lowest BCUT2D eigenvalue weighted by Crippen LogP contribution is -2.45. The molecule has 0 spiro atoms. The average Bonchev–Trinajstić information content (AvgIpc) is 3.71. The second-order valence-corrected chi connectivity index (χ2v) is 14.8. The van der Waals surface area contributed by atoms with Crippen molar-refractivity contribution in [3.8, 4) is 33.6 Å². The van der Waals surface area contributed by atoms with Crippen molar-refractivity contribution in [3.05, 3.63) is 103 Å². The molecule has 0 aliphatic heterocycles. The number of aryl methyl sites for hydroxylation is 2. The van der Waals surface area contributed by atoms with E-state index in [4.69, 9.17) is 33.4 Å². The fraction of sp³-hybridized carbons (Fsp3) is 0.368. The molecule has 0 unspecified atom stereocenters. The minimum absolute atomic E-state index is 0.141. The quantitative estimate of drug-likeness (QED) is 0.153. The number of rotatable bonds is 11. The highest BCUT2D eigenvalue weighted by Crippen LogP contribution is 2.42. The Morgan fingerprint density at radius 2 is 1.06 bits per heavy atom. The molecule has 0 saturated heterocycles. The van der Waals surface area contributed by atoms with Gasteiger partial charge in [0.25, 0.3) is 11.1 Å². The molecule has 2 saturated carbocycles. The number of aliphatic hydroxyl groups excluding tert-OH is 2. The summed E-state index contributed by atoms with van der Waals surface area (Å²) in [6.07, 6.45) is 6.18. The standard InChI is InChI=1S/C38H40Cl2N8O4/c1-21-19-47-33(37(51)45(21)11-9-41-23-13-25(49)14-23)17-31(43-47)29-7-3-5-27(35(29)39)28-6-4-8-30(36(28)40)32-18-34-38(52)46(22(2)20-48(34)44-32)12-10-42-24-15-26(50)16-24/h3-8,17-20,23-26,41-42,49-50H,9-16H2,1-2H3. The van der Waals surface area contributed by atoms with Gasteiger partial charge in [-0.2, -0.15) is 10.2 Å². The Hall–Kier alpha value is -4.30. The molecular weight excluding hydrogens is 703 g/mol. The van der Waals surface area contributed by atoms with Crippen molar-refractivity contribution in [2.45, 2.75) is 76.9 Å². The third-order valence-corrected chi connectivity index (χ3v) is 11.3. The van der Waals surface area contributed by atoms with Crippen LogP contribution in [0.5, 0.6) is 0 Å². The van der Waals surface area contributed by atoms with E-state index >= 15 is 0 Å². The number of nitrogens with zero attached hydrogens (tertiary/aromatic N) is 6. The second kappa shape index (κ2) is 13.9. The minimum Gasteiger partial charge on any atom is -0.393 e. The van der Waals surface area contributed by atoms with Crippen LogP contribution in [-0.4, -0.2) is 76.0 Å². The fourth-order valence-electron chi connectivity index (χ4n) is 7.36. The van der Waals surface area contributed by atoms with Gasteiger partial charge in [0.05, 0.1) is 33.6 Å². The summed E-state index contributed by atoms with van der Waals surface area (Å²) in [6.45, 7) is 6.04. The number of aromatic nitrogens is 6. The van der Waals surface area contributed by atoms with E-state index in [0.717, 1.165) is 37.1 Å². The molecule has 12 nitrogen and oxygen atoms in total. The molecule has 0 radical (unpaired) electrons. The first-order valence-electron chi connectivity index (χ1n) is 17.7. The summed E-state index contributed by atoms with van der Waals surface area (Å²) >= 11 is 14.2. The molecule has 2 aliphatic rings. The predicted octanol–water partition coefficient (Wildman–Crippen LogP) is 4.46. The maximum atomic E-state index is 13.6. The Balaban J connectivity index is 1.07. The van der Waals surface area contributed by atoms with E-state index in [2.05, 4.69) is 10.6 Å². The molecule has 2 aromatic carbocycles. The van der Waals surface area contributed by atoms with Gasteiger partial charge in [-0.3, -0.25) is 9.59 Å². The first-order chi connectivity index (χ1) is 25.0. The van der Waals surface area contributed by atoms with Crippen LogP contribution in [0.15, 0.2) is 70.5 Å². The molecule has 2 aliphatic carbocycles. The van der Waals surface area contributed by atoms with Crippen molar-refractivity contribution in [1.29, 1.82) is 0 Å². The molecule has 270 valence electrons. The largest absolute Gasteiger partial charge is 0.393 e. The van der Waals surface area contributed by atoms with Crippen molar-refractivity contribution >= 4 is 34.2 Å². The third-order valence-electron chi connectivity index (χ3n) is 10.5. The number of fused-ring (bicyclic) bond motifs is 2. The van der Waals surface area contributed by atoms with Gasteiger partial charge in [0.1, 0.15) is 11.0 Å². The molecule has 0 atom stereocenters. The molecule has 8 rings (SSSR count). The molecule has 2 fully saturated rings. The van der Waals surface area contributed by atoms with E-state index in [0.29, 0.717) is 80.9 Å². The highest BCUT2D eigenvalue weighted by Gasteiger charge is 2.27. The summed E-state index contributed by atoms with van der Waals surface area (Å²) in [5.74, 6) is 0. The Bertz CT molecular complexity index is 2270. The number of nitrogens with one attached hydrogen (secondary N) is 2. The van der Waals surface area contributed by atoms with Crippen molar-refractivity contribution in [2.24, 2.45) is 0 Å². The lowest BCUT2D eigenvalue weighted by Gasteiger charge is -2.32. The molecule has 0 bridgehead atoms. The van der Waals surface area contributed by atoms with Crippen LogP contribution >= 0.6 is 23.2 Å². The van der Waals surface area contributed by atoms with Crippen LogP contribution in [0.3, 0.4) is 0 Å². The van der Waals surface area contributed by atoms with Gasteiger partial charge in [-0.25, -0.2) is 9.03 Å². The molecule has 14 heteroatoms. The molecule has 4 N–H and O–H groups in total. The van der Waals surface area contributed by atoms with Crippen molar-refractivity contribution in [1.82, 2.24) is 39.0 Å². The van der Waals surface area contributed by atoms with E-state index < -0.39 is 0 Å². The van der Waals surface area contributed by atoms with E-state index in [1.807, 2.05) is 62.6 Å². The monoisotopic (exact) mass is 742 g/mol. The first-order valence-corrected chi connectivity index (χ1v) is 18.4. The second-order valence-electron chi connectivity index (χ2n) is 14.1. The van der Waals surface area contributed by atoms with Gasteiger partial charge < -0.3 is 30.0 Å². The summed E-state index contributed by atoms with van der Waals surface area (Å²) in [7, 11) is 0. The maximum absolute atomic E-state index is 13.6. The number of benzene rings is 2. The lowest BCUT2D eigenvalue weighted by atomic mass is 9.89. The molecular formula is C38H40Cl2N8O4. The summed E-state index contributed by atoms with van der Waals surface area (Å²) in [5, 5.41) is 36.3. The first kappa shape index (κ1) is 34.8. The molecule has 4 aromatic heterocycles. The van der Waals surface area contributed by atoms with Gasteiger partial charge in [0, 0.05) is 84.3 Å². The zero-order valence-electron chi connectivity index (χ0n) is 28.9. The highest BCUT2D eigenvalue weighted by atomic mass is 35.5. The van der Waals surface area contributed by atoms with Crippen LogP contribution in [0.4, 0.5) is 0 Å². The van der Waals surface area contributed by atoms with Crippen molar-refractivity contribution in [3.63, 3.8) is 0 Å². The summed E-state index contributed by atoms with van der Waals surface area (Å²) in [4.78, 5) is 27.1. The van der Waals surface area contributed by atoms with Crippen LogP contribution in [-0.2, 0) is 13.1 Å². The summed E-state index contributed by atoms with van der Waals surface area (Å²) in [5.41, 5.74) is 5.99. The summed E-state index contributed by atoms with van der Waals surface area (Å²) < 4.78 is 6.68. The van der Waals surface area contributed by atoms with Crippen molar-refractivity contribution < 1.29 is 10.2 Å². The topological polar surface area (TPSA) is 143 Å². The van der Waals surface area contributed by atoms with E-state index in [1.165, 1.54) is 0 Å². The zero-order valence-corrected chi connectivity index (χ0v) is 30.4. The van der Waals surface area contributed by atoms with Crippen LogP contribution in [0.25, 0.3) is 44.7 Å². The highest BCUT2D eigenvalue weighted by molar-refractivity contribution is 6.39. The molecule has 6 aromatic rings. The van der Waals surface area contributed by atoms with E-state index in [9.17, 15) is 19.8 Å². The minimum atomic E-state index is -0.232. The number of aliphatic hydroxyl groups is 2. The van der Waals surface area contributed by atoms with Crippen LogP contribution < -0.4 is 21.8 Å². The van der Waals surface area contributed by atoms with Gasteiger partial charge >= 0.3 is 0 Å². The number of hydrogen-bond donors (Lipinski definition) is 4. The number of halogens is 2. The Kier molecular flexibility index (Phi) is 9.31. The fourth-order valence-corrected chi connectivity index (χ4v) is 8.01. The van der Waals surface area contributed by atoms with Gasteiger partial charge in [0.2, 0.25) is 0 Å². The third kappa shape index (κ3) is 6.37. The van der Waals surface area contributed by atoms with Gasteiger partial charge in [-0.15, -0.1) is 0 Å². The zero-order chi connectivity index (χ0) is 36.3. The van der Waals surface area contributed by atoms with Gasteiger partial charge in [-0.1, -0.05) is 59.6 Å². The maximum Gasteiger partial charge on any atom is 0.276 e. The molecule has 52 heavy (non-hydrogen) atoms. The van der Waals surface area contributed by atoms with Gasteiger partial charge in [-0.05, 0) is 51.7 Å². The normalized spacial score (nSPS) is 20.0. The summed E-state index contributed by atoms with van der Waals surface area (Å²) in [6, 6.07) is 15.4. The van der Waals surface area contributed by atoms with Crippen LogP contribution in [0, 0.1) is 13.8 Å². The van der Waals surface area contributed by atoms with E-state index in [1.54, 1.807) is 30.3 Å². The molecule has 0 amide bonds.